The Bertz CT molecular complexity index is 308. The van der Waals surface area contributed by atoms with Crippen molar-refractivity contribution in [2.75, 3.05) is 12.8 Å². The summed E-state index contributed by atoms with van der Waals surface area (Å²) in [6.07, 6.45) is 1.08. The number of aryl methyl sites for hydroxylation is 1. The van der Waals surface area contributed by atoms with Crippen LogP contribution in [0, 0.1) is 0 Å². The van der Waals surface area contributed by atoms with Crippen LogP contribution in [0.25, 0.3) is 0 Å². The highest BCUT2D eigenvalue weighted by Crippen LogP contribution is 2.13. The number of hydrogen-bond donors (Lipinski definition) is 1. The maximum atomic E-state index is 11.0. The first-order valence-electron chi connectivity index (χ1n) is 5.12. The van der Waals surface area contributed by atoms with Crippen molar-refractivity contribution in [1.82, 2.24) is 5.32 Å². The Morgan fingerprint density at radius 2 is 1.87 bits per heavy atom. The SMILES string of the molecule is CCc1ccc(CSCC(=O)NC)cc1. The van der Waals surface area contributed by atoms with Crippen molar-refractivity contribution in [2.24, 2.45) is 0 Å². The van der Waals surface area contributed by atoms with Gasteiger partial charge in [-0.15, -0.1) is 11.8 Å². The molecule has 1 N–H and O–H groups in total. The molecule has 1 amide bonds. The summed E-state index contributed by atoms with van der Waals surface area (Å²) < 4.78 is 0. The second kappa shape index (κ2) is 6.51. The molecule has 0 atom stereocenters. The van der Waals surface area contributed by atoms with Crippen molar-refractivity contribution in [2.45, 2.75) is 19.1 Å². The van der Waals surface area contributed by atoms with Gasteiger partial charge in [-0.05, 0) is 17.5 Å². The average Bonchev–Trinajstić information content (AvgIpc) is 2.29. The Kier molecular flexibility index (Phi) is 5.26. The first kappa shape index (κ1) is 12.1. The minimum atomic E-state index is 0.0881. The van der Waals surface area contributed by atoms with Crippen LogP contribution in [0.5, 0.6) is 0 Å². The Morgan fingerprint density at radius 3 is 2.40 bits per heavy atom. The molecule has 0 aliphatic heterocycles. The number of nitrogens with one attached hydrogen (secondary N) is 1. The molecular formula is C12H17NOS. The predicted molar refractivity (Wildman–Crippen MR) is 66.0 cm³/mol. The zero-order chi connectivity index (χ0) is 11.1. The van der Waals surface area contributed by atoms with Gasteiger partial charge in [-0.25, -0.2) is 0 Å². The van der Waals surface area contributed by atoms with Crippen molar-refractivity contribution in [3.63, 3.8) is 0 Å². The molecule has 0 fully saturated rings. The van der Waals surface area contributed by atoms with Crippen LogP contribution in [0.1, 0.15) is 18.1 Å². The fraction of sp³-hybridized carbons (Fsp3) is 0.417. The average molecular weight is 223 g/mol. The van der Waals surface area contributed by atoms with Gasteiger partial charge in [0.15, 0.2) is 0 Å². The number of carbonyl (C=O) groups is 1. The fourth-order valence-electron chi connectivity index (χ4n) is 1.20. The van der Waals surface area contributed by atoms with Crippen LogP contribution in [-0.4, -0.2) is 18.7 Å². The third-order valence-electron chi connectivity index (χ3n) is 2.21. The van der Waals surface area contributed by atoms with Gasteiger partial charge in [-0.1, -0.05) is 31.2 Å². The summed E-state index contributed by atoms with van der Waals surface area (Å²) in [7, 11) is 1.67. The summed E-state index contributed by atoms with van der Waals surface area (Å²) in [5.41, 5.74) is 2.64. The van der Waals surface area contributed by atoms with Crippen LogP contribution in [0.3, 0.4) is 0 Å². The molecule has 1 aromatic carbocycles. The lowest BCUT2D eigenvalue weighted by atomic mass is 10.1. The third kappa shape index (κ3) is 4.38. The molecule has 0 spiro atoms. The topological polar surface area (TPSA) is 29.1 Å². The van der Waals surface area contributed by atoms with Gasteiger partial charge in [0.1, 0.15) is 0 Å². The van der Waals surface area contributed by atoms with Gasteiger partial charge in [0.25, 0.3) is 0 Å². The van der Waals surface area contributed by atoms with Crippen molar-refractivity contribution in [3.05, 3.63) is 35.4 Å². The van der Waals surface area contributed by atoms with Crippen molar-refractivity contribution in [3.8, 4) is 0 Å². The van der Waals surface area contributed by atoms with E-state index in [-0.39, 0.29) is 5.91 Å². The summed E-state index contributed by atoms with van der Waals surface area (Å²) in [6.45, 7) is 2.15. The molecule has 15 heavy (non-hydrogen) atoms. The van der Waals surface area contributed by atoms with Gasteiger partial charge in [-0.3, -0.25) is 4.79 Å². The van der Waals surface area contributed by atoms with Crippen LogP contribution in [0.4, 0.5) is 0 Å². The normalized spacial score (nSPS) is 10.0. The van der Waals surface area contributed by atoms with E-state index in [0.717, 1.165) is 12.2 Å². The number of benzene rings is 1. The molecule has 82 valence electrons. The van der Waals surface area contributed by atoms with Gasteiger partial charge in [0.05, 0.1) is 5.75 Å². The highest BCUT2D eigenvalue weighted by Gasteiger charge is 1.98. The van der Waals surface area contributed by atoms with Crippen LogP contribution < -0.4 is 5.32 Å². The zero-order valence-electron chi connectivity index (χ0n) is 9.25. The lowest BCUT2D eigenvalue weighted by Crippen LogP contribution is -2.19. The van der Waals surface area contributed by atoms with Gasteiger partial charge in [0.2, 0.25) is 5.91 Å². The third-order valence-corrected chi connectivity index (χ3v) is 3.22. The van der Waals surface area contributed by atoms with E-state index >= 15 is 0 Å². The summed E-state index contributed by atoms with van der Waals surface area (Å²) in [4.78, 5) is 11.0. The molecule has 0 saturated carbocycles. The van der Waals surface area contributed by atoms with Crippen molar-refractivity contribution < 1.29 is 4.79 Å². The van der Waals surface area contributed by atoms with Crippen LogP contribution in [0.2, 0.25) is 0 Å². The van der Waals surface area contributed by atoms with Crippen molar-refractivity contribution in [1.29, 1.82) is 0 Å². The Balaban J connectivity index is 2.34. The Labute approximate surface area is 95.5 Å². The van der Waals surface area contributed by atoms with Crippen LogP contribution >= 0.6 is 11.8 Å². The Hall–Kier alpha value is -0.960. The van der Waals surface area contributed by atoms with Crippen molar-refractivity contribution >= 4 is 17.7 Å². The maximum absolute atomic E-state index is 11.0. The zero-order valence-corrected chi connectivity index (χ0v) is 10.1. The minimum absolute atomic E-state index is 0.0881. The highest BCUT2D eigenvalue weighted by molar-refractivity contribution is 7.99. The van der Waals surface area contributed by atoms with E-state index in [9.17, 15) is 4.79 Å². The molecule has 0 unspecified atom stereocenters. The highest BCUT2D eigenvalue weighted by atomic mass is 32.2. The summed E-state index contributed by atoms with van der Waals surface area (Å²) in [5, 5.41) is 2.61. The molecule has 0 saturated heterocycles. The summed E-state index contributed by atoms with van der Waals surface area (Å²) in [6, 6.07) is 8.57. The summed E-state index contributed by atoms with van der Waals surface area (Å²) >= 11 is 1.64. The van der Waals surface area contributed by atoms with E-state index in [2.05, 4.69) is 36.5 Å². The van der Waals surface area contributed by atoms with Gasteiger partial charge in [-0.2, -0.15) is 0 Å². The lowest BCUT2D eigenvalue weighted by Gasteiger charge is -2.02. The lowest BCUT2D eigenvalue weighted by molar-refractivity contribution is -0.118. The molecular weight excluding hydrogens is 206 g/mol. The minimum Gasteiger partial charge on any atom is -0.358 e. The van der Waals surface area contributed by atoms with Gasteiger partial charge >= 0.3 is 0 Å². The molecule has 0 heterocycles. The second-order valence-electron chi connectivity index (χ2n) is 3.34. The first-order chi connectivity index (χ1) is 7.26. The molecule has 0 aliphatic carbocycles. The van der Waals surface area contributed by atoms with Crippen LogP contribution in [0.15, 0.2) is 24.3 Å². The second-order valence-corrected chi connectivity index (χ2v) is 4.32. The monoisotopic (exact) mass is 223 g/mol. The number of hydrogen-bond acceptors (Lipinski definition) is 2. The van der Waals surface area contributed by atoms with E-state index in [1.807, 2.05) is 0 Å². The predicted octanol–water partition coefficient (Wildman–Crippen LogP) is 2.23. The molecule has 2 nitrogen and oxygen atoms in total. The van der Waals surface area contributed by atoms with Gasteiger partial charge < -0.3 is 5.32 Å². The molecule has 3 heteroatoms. The number of rotatable bonds is 5. The Morgan fingerprint density at radius 1 is 1.27 bits per heavy atom. The van der Waals surface area contributed by atoms with E-state index in [1.165, 1.54) is 11.1 Å². The van der Waals surface area contributed by atoms with E-state index < -0.39 is 0 Å². The van der Waals surface area contributed by atoms with E-state index in [1.54, 1.807) is 18.8 Å². The number of amides is 1. The standard InChI is InChI=1S/C12H17NOS/c1-3-10-4-6-11(7-5-10)8-15-9-12(14)13-2/h4-7H,3,8-9H2,1-2H3,(H,13,14). The first-order valence-corrected chi connectivity index (χ1v) is 6.28. The summed E-state index contributed by atoms with van der Waals surface area (Å²) in [5.74, 6) is 1.52. The quantitative estimate of drug-likeness (QED) is 0.829. The molecule has 0 radical (unpaired) electrons. The van der Waals surface area contributed by atoms with Crippen LogP contribution in [-0.2, 0) is 17.0 Å². The fourth-order valence-corrected chi connectivity index (χ4v) is 2.06. The maximum Gasteiger partial charge on any atom is 0.229 e. The molecule has 1 aromatic rings. The number of carbonyl (C=O) groups excluding carboxylic acids is 1. The van der Waals surface area contributed by atoms with E-state index in [4.69, 9.17) is 0 Å². The molecule has 0 aliphatic rings. The number of thioether (sulfide) groups is 1. The van der Waals surface area contributed by atoms with Gasteiger partial charge in [0, 0.05) is 12.8 Å². The largest absolute Gasteiger partial charge is 0.358 e. The van der Waals surface area contributed by atoms with E-state index in [0.29, 0.717) is 5.75 Å². The molecule has 0 bridgehead atoms. The smallest absolute Gasteiger partial charge is 0.229 e. The molecule has 0 aromatic heterocycles. The molecule has 1 rings (SSSR count).